The molecule has 1 aromatic carbocycles. The monoisotopic (exact) mass is 375 g/mol. The normalized spacial score (nSPS) is 12.9. The largest absolute Gasteiger partial charge is 0.317 e. The van der Waals surface area contributed by atoms with Gasteiger partial charge in [-0.3, -0.25) is 4.79 Å². The fraction of sp³-hybridized carbons (Fsp3) is 0.368. The molecule has 0 spiro atoms. The highest BCUT2D eigenvalue weighted by Gasteiger charge is 2.23. The van der Waals surface area contributed by atoms with Crippen LogP contribution < -0.4 is 5.32 Å². The number of carbonyl (C=O) groups is 1. The van der Waals surface area contributed by atoms with Crippen LogP contribution in [0.1, 0.15) is 34.4 Å². The molecule has 0 atom stereocenters. The predicted molar refractivity (Wildman–Crippen MR) is 97.0 cm³/mol. The lowest BCUT2D eigenvalue weighted by molar-refractivity contribution is -0.116. The number of hydrogen-bond acceptors (Lipinski definition) is 4. The molecule has 7 heteroatoms. The van der Waals surface area contributed by atoms with E-state index in [0.717, 1.165) is 37.0 Å². The maximum atomic E-state index is 13.2. The summed E-state index contributed by atoms with van der Waals surface area (Å²) in [5.41, 5.74) is 2.34. The summed E-state index contributed by atoms with van der Waals surface area (Å²) in [4.78, 5) is 15.3. The highest BCUT2D eigenvalue weighted by molar-refractivity contribution is 7.16. The number of halogens is 2. The van der Waals surface area contributed by atoms with Crippen LogP contribution in [-0.2, 0) is 24.2 Å². The molecule has 2 aromatic rings. The zero-order valence-electron chi connectivity index (χ0n) is 14.4. The number of rotatable bonds is 6. The van der Waals surface area contributed by atoms with Crippen molar-refractivity contribution in [3.8, 4) is 6.07 Å². The van der Waals surface area contributed by atoms with Gasteiger partial charge in [0.2, 0.25) is 5.91 Å². The Morgan fingerprint density at radius 1 is 1.35 bits per heavy atom. The predicted octanol–water partition coefficient (Wildman–Crippen LogP) is 3.85. The number of benzene rings is 1. The third-order valence-electron chi connectivity index (χ3n) is 4.44. The summed E-state index contributed by atoms with van der Waals surface area (Å²) in [5.74, 6) is -1.89. The van der Waals surface area contributed by atoms with Crippen molar-refractivity contribution in [1.29, 1.82) is 5.26 Å². The van der Waals surface area contributed by atoms with Crippen LogP contribution in [0.2, 0.25) is 0 Å². The number of nitrogens with one attached hydrogen (secondary N) is 1. The van der Waals surface area contributed by atoms with E-state index in [9.17, 15) is 18.8 Å². The van der Waals surface area contributed by atoms with Gasteiger partial charge in [-0.2, -0.15) is 5.26 Å². The van der Waals surface area contributed by atoms with Gasteiger partial charge in [-0.05, 0) is 49.6 Å². The van der Waals surface area contributed by atoms with Gasteiger partial charge in [-0.15, -0.1) is 11.3 Å². The maximum absolute atomic E-state index is 13.2. The van der Waals surface area contributed by atoms with Crippen LogP contribution >= 0.6 is 11.3 Å². The van der Waals surface area contributed by atoms with Crippen LogP contribution in [0.15, 0.2) is 18.2 Å². The fourth-order valence-corrected chi connectivity index (χ4v) is 4.38. The third kappa shape index (κ3) is 4.09. The minimum absolute atomic E-state index is 0.154. The minimum atomic E-state index is -0.872. The first-order valence-corrected chi connectivity index (χ1v) is 9.26. The van der Waals surface area contributed by atoms with E-state index in [2.05, 4.69) is 11.4 Å². The molecule has 0 aliphatic heterocycles. The van der Waals surface area contributed by atoms with Gasteiger partial charge in [0.05, 0.1) is 5.56 Å². The second-order valence-corrected chi connectivity index (χ2v) is 7.56. The first-order chi connectivity index (χ1) is 12.5. The quantitative estimate of drug-likeness (QED) is 0.834. The van der Waals surface area contributed by atoms with E-state index in [0.29, 0.717) is 29.2 Å². The van der Waals surface area contributed by atoms with Crippen LogP contribution in [0.25, 0.3) is 0 Å². The van der Waals surface area contributed by atoms with Crippen molar-refractivity contribution in [2.75, 3.05) is 18.9 Å². The van der Waals surface area contributed by atoms with E-state index in [1.165, 1.54) is 22.3 Å². The zero-order chi connectivity index (χ0) is 18.7. The first kappa shape index (κ1) is 18.5. The van der Waals surface area contributed by atoms with Gasteiger partial charge in [0, 0.05) is 24.4 Å². The summed E-state index contributed by atoms with van der Waals surface area (Å²) >= 11 is 1.50. The highest BCUT2D eigenvalue weighted by atomic mass is 32.1. The lowest BCUT2D eigenvalue weighted by Gasteiger charge is -2.16. The molecule has 4 nitrogen and oxygen atoms in total. The van der Waals surface area contributed by atoms with Crippen LogP contribution in [0.3, 0.4) is 0 Å². The molecular weight excluding hydrogens is 356 g/mol. The maximum Gasteiger partial charge on any atom is 0.226 e. The van der Waals surface area contributed by atoms with Gasteiger partial charge in [-0.1, -0.05) is 6.07 Å². The molecule has 1 aliphatic carbocycles. The number of carbonyl (C=O) groups excluding carboxylic acids is 1. The van der Waals surface area contributed by atoms with Gasteiger partial charge in [0.1, 0.15) is 11.1 Å². The van der Waals surface area contributed by atoms with Crippen molar-refractivity contribution in [1.82, 2.24) is 4.90 Å². The molecule has 0 saturated heterocycles. The molecular formula is C19H19F2N3OS. The number of thiophene rings is 1. The van der Waals surface area contributed by atoms with Gasteiger partial charge < -0.3 is 10.2 Å². The van der Waals surface area contributed by atoms with E-state index in [4.69, 9.17) is 0 Å². The van der Waals surface area contributed by atoms with Gasteiger partial charge in [0.25, 0.3) is 0 Å². The second kappa shape index (κ2) is 7.94. The summed E-state index contributed by atoms with van der Waals surface area (Å²) in [6.45, 7) is 0.888. The molecule has 1 heterocycles. The average molecular weight is 375 g/mol. The molecule has 0 radical (unpaired) electrons. The van der Waals surface area contributed by atoms with Crippen LogP contribution in [0.4, 0.5) is 13.8 Å². The van der Waals surface area contributed by atoms with E-state index in [1.54, 1.807) is 0 Å². The van der Waals surface area contributed by atoms with E-state index in [-0.39, 0.29) is 12.3 Å². The third-order valence-corrected chi connectivity index (χ3v) is 5.65. The molecule has 136 valence electrons. The number of amides is 1. The Hall–Kier alpha value is -2.30. The number of fused-ring (bicyclic) bond motifs is 1. The lowest BCUT2D eigenvalue weighted by atomic mass is 10.1. The minimum Gasteiger partial charge on any atom is -0.317 e. The smallest absolute Gasteiger partial charge is 0.226 e. The van der Waals surface area contributed by atoms with Crippen LogP contribution in [0, 0.1) is 23.0 Å². The first-order valence-electron chi connectivity index (χ1n) is 8.45. The molecule has 0 bridgehead atoms. The van der Waals surface area contributed by atoms with Gasteiger partial charge >= 0.3 is 0 Å². The van der Waals surface area contributed by atoms with Crippen molar-refractivity contribution in [2.24, 2.45) is 0 Å². The Morgan fingerprint density at radius 3 is 2.88 bits per heavy atom. The van der Waals surface area contributed by atoms with Gasteiger partial charge in [0.15, 0.2) is 11.6 Å². The van der Waals surface area contributed by atoms with Crippen LogP contribution in [-0.4, -0.2) is 24.4 Å². The number of hydrogen-bond donors (Lipinski definition) is 1. The topological polar surface area (TPSA) is 56.1 Å². The molecule has 1 N–H and O–H groups in total. The SMILES string of the molecule is CN(CCC(=O)Nc1sc2c(c1C#N)CCC2)Cc1ccc(F)c(F)c1. The van der Waals surface area contributed by atoms with Crippen molar-refractivity contribution >= 4 is 22.2 Å². The molecule has 1 aromatic heterocycles. The van der Waals surface area contributed by atoms with Gasteiger partial charge in [-0.25, -0.2) is 8.78 Å². The molecule has 0 fully saturated rings. The van der Waals surface area contributed by atoms with E-state index >= 15 is 0 Å². The van der Waals surface area contributed by atoms with Crippen LogP contribution in [0.5, 0.6) is 0 Å². The lowest BCUT2D eigenvalue weighted by Crippen LogP contribution is -2.24. The summed E-state index contributed by atoms with van der Waals surface area (Å²) in [6.07, 6.45) is 3.20. The van der Waals surface area contributed by atoms with E-state index in [1.807, 2.05) is 11.9 Å². The van der Waals surface area contributed by atoms with Crippen molar-refractivity contribution in [3.05, 3.63) is 51.4 Å². The molecule has 1 amide bonds. The number of nitriles is 1. The molecule has 0 unspecified atom stereocenters. The molecule has 26 heavy (non-hydrogen) atoms. The zero-order valence-corrected chi connectivity index (χ0v) is 15.3. The number of aryl methyl sites for hydroxylation is 1. The molecule has 0 saturated carbocycles. The molecule has 3 rings (SSSR count). The summed E-state index contributed by atoms with van der Waals surface area (Å²) in [6, 6.07) is 6.00. The Balaban J connectivity index is 1.53. The number of anilines is 1. The highest BCUT2D eigenvalue weighted by Crippen LogP contribution is 2.38. The Labute approximate surface area is 155 Å². The summed E-state index contributed by atoms with van der Waals surface area (Å²) in [5, 5.41) is 12.8. The Bertz CT molecular complexity index is 872. The standard InChI is InChI=1S/C19H19F2N3OS/c1-24(11-12-5-6-15(20)16(21)9-12)8-7-18(25)23-19-14(10-22)13-3-2-4-17(13)26-19/h5-6,9H,2-4,7-8,11H2,1H3,(H,23,25). The van der Waals surface area contributed by atoms with Crippen molar-refractivity contribution in [2.45, 2.75) is 32.2 Å². The molecule has 1 aliphatic rings. The number of nitrogens with zero attached hydrogens (tertiary/aromatic N) is 2. The Morgan fingerprint density at radius 2 is 2.15 bits per heavy atom. The second-order valence-electron chi connectivity index (χ2n) is 6.46. The summed E-state index contributed by atoms with van der Waals surface area (Å²) in [7, 11) is 1.81. The van der Waals surface area contributed by atoms with E-state index < -0.39 is 11.6 Å². The fourth-order valence-electron chi connectivity index (χ4n) is 3.12. The van der Waals surface area contributed by atoms with Crippen molar-refractivity contribution in [3.63, 3.8) is 0 Å². The Kier molecular flexibility index (Phi) is 5.64. The average Bonchev–Trinajstić information content (AvgIpc) is 3.17. The summed E-state index contributed by atoms with van der Waals surface area (Å²) < 4.78 is 26.2. The van der Waals surface area contributed by atoms with Crippen molar-refractivity contribution < 1.29 is 13.6 Å².